The maximum atomic E-state index is 5.37. The number of hydrogen-bond acceptors (Lipinski definition) is 5. The zero-order chi connectivity index (χ0) is 20.1. The van der Waals surface area contributed by atoms with Crippen LogP contribution in [-0.2, 0) is 13.1 Å². The molecule has 2 aromatic heterocycles. The van der Waals surface area contributed by atoms with E-state index in [9.17, 15) is 0 Å². The number of hydrogen-bond donors (Lipinski definition) is 2. The van der Waals surface area contributed by atoms with Gasteiger partial charge in [-0.25, -0.2) is 4.98 Å². The number of rotatable bonds is 6. The molecule has 0 amide bonds. The summed E-state index contributed by atoms with van der Waals surface area (Å²) in [5, 5.41) is 11.9. The number of aliphatic imine (C=N–C) groups is 1. The second-order valence-corrected chi connectivity index (χ2v) is 7.20. The molecule has 0 spiro atoms. The molecular formula is C21H29IN6O. The fraction of sp³-hybridized carbons (Fsp3) is 0.381. The molecule has 29 heavy (non-hydrogen) atoms. The van der Waals surface area contributed by atoms with Gasteiger partial charge < -0.3 is 20.1 Å². The van der Waals surface area contributed by atoms with Gasteiger partial charge in [0.1, 0.15) is 5.82 Å². The van der Waals surface area contributed by atoms with Gasteiger partial charge in [-0.05, 0) is 23.6 Å². The molecule has 3 rings (SSSR count). The van der Waals surface area contributed by atoms with Crippen LogP contribution in [0.25, 0.3) is 10.9 Å². The summed E-state index contributed by atoms with van der Waals surface area (Å²) in [6, 6.07) is 12.3. The molecule has 0 fully saturated rings. The SMILES string of the molecule is CN=C(NCc1cc(C(C)C)no1)NCc1cc(N(C)C)nc2ccccc12.I. The van der Waals surface area contributed by atoms with Crippen molar-refractivity contribution in [3.05, 3.63) is 53.4 Å². The zero-order valence-electron chi connectivity index (χ0n) is 17.6. The third kappa shape index (κ3) is 5.81. The number of halogens is 1. The van der Waals surface area contributed by atoms with E-state index in [0.717, 1.165) is 28.2 Å². The van der Waals surface area contributed by atoms with Crippen LogP contribution in [0.5, 0.6) is 0 Å². The topological polar surface area (TPSA) is 78.6 Å². The van der Waals surface area contributed by atoms with Crippen LogP contribution >= 0.6 is 24.0 Å². The minimum absolute atomic E-state index is 0. The van der Waals surface area contributed by atoms with E-state index >= 15 is 0 Å². The Hall–Kier alpha value is -2.36. The van der Waals surface area contributed by atoms with E-state index in [1.165, 1.54) is 5.56 Å². The van der Waals surface area contributed by atoms with Crippen LogP contribution in [0.1, 0.15) is 36.8 Å². The summed E-state index contributed by atoms with van der Waals surface area (Å²) in [6.07, 6.45) is 0. The summed E-state index contributed by atoms with van der Waals surface area (Å²) in [5.74, 6) is 2.77. The number of nitrogens with zero attached hydrogens (tertiary/aromatic N) is 4. The van der Waals surface area contributed by atoms with Crippen molar-refractivity contribution >= 4 is 46.7 Å². The van der Waals surface area contributed by atoms with Crippen LogP contribution < -0.4 is 15.5 Å². The lowest BCUT2D eigenvalue weighted by Crippen LogP contribution is -2.36. The Morgan fingerprint density at radius 1 is 1.14 bits per heavy atom. The summed E-state index contributed by atoms with van der Waals surface area (Å²) >= 11 is 0. The lowest BCUT2D eigenvalue weighted by Gasteiger charge is -2.16. The van der Waals surface area contributed by atoms with E-state index < -0.39 is 0 Å². The highest BCUT2D eigenvalue weighted by molar-refractivity contribution is 14.0. The van der Waals surface area contributed by atoms with Crippen LogP contribution in [-0.4, -0.2) is 37.2 Å². The van der Waals surface area contributed by atoms with E-state index in [1.807, 2.05) is 43.3 Å². The highest BCUT2D eigenvalue weighted by Crippen LogP contribution is 2.22. The lowest BCUT2D eigenvalue weighted by molar-refractivity contribution is 0.372. The van der Waals surface area contributed by atoms with Crippen LogP contribution in [0, 0.1) is 0 Å². The molecule has 0 unspecified atom stereocenters. The first-order chi connectivity index (χ1) is 13.5. The number of fused-ring (bicyclic) bond motifs is 1. The number of benzene rings is 1. The molecule has 156 valence electrons. The molecule has 0 aliphatic rings. The molecule has 0 radical (unpaired) electrons. The second kappa shape index (κ2) is 10.4. The van der Waals surface area contributed by atoms with E-state index in [4.69, 9.17) is 9.51 Å². The average Bonchev–Trinajstić information content (AvgIpc) is 3.17. The summed E-state index contributed by atoms with van der Waals surface area (Å²) in [5.41, 5.74) is 3.11. The Bertz CT molecular complexity index is 967. The lowest BCUT2D eigenvalue weighted by atomic mass is 10.1. The van der Waals surface area contributed by atoms with Crippen LogP contribution in [0.4, 0.5) is 5.82 Å². The Morgan fingerprint density at radius 2 is 1.86 bits per heavy atom. The number of guanidine groups is 1. The van der Waals surface area contributed by atoms with Crippen LogP contribution in [0.15, 0.2) is 45.9 Å². The Balaban J connectivity index is 0.00000300. The molecule has 0 saturated carbocycles. The van der Waals surface area contributed by atoms with Gasteiger partial charge in [-0.1, -0.05) is 37.2 Å². The molecule has 0 aliphatic carbocycles. The molecule has 1 aromatic carbocycles. The highest BCUT2D eigenvalue weighted by atomic mass is 127. The number of para-hydroxylation sites is 1. The Morgan fingerprint density at radius 3 is 2.52 bits per heavy atom. The molecule has 0 atom stereocenters. The van der Waals surface area contributed by atoms with Crippen molar-refractivity contribution in [1.29, 1.82) is 0 Å². The first-order valence-corrected chi connectivity index (χ1v) is 9.44. The molecule has 3 aromatic rings. The Labute approximate surface area is 189 Å². The third-order valence-corrected chi connectivity index (χ3v) is 4.52. The summed E-state index contributed by atoms with van der Waals surface area (Å²) in [7, 11) is 5.75. The summed E-state index contributed by atoms with van der Waals surface area (Å²) in [4.78, 5) is 11.0. The standard InChI is InChI=1S/C21H28N6O.HI/c1-14(2)19-11-16(28-26-19)13-24-21(22-3)23-12-15-10-20(27(4)5)25-18-9-7-6-8-17(15)18;/h6-11,14H,12-13H2,1-5H3,(H2,22,23,24);1H. The molecule has 2 N–H and O–H groups in total. The fourth-order valence-electron chi connectivity index (χ4n) is 2.86. The van der Waals surface area contributed by atoms with Gasteiger partial charge in [0.15, 0.2) is 11.7 Å². The minimum Gasteiger partial charge on any atom is -0.363 e. The van der Waals surface area contributed by atoms with Gasteiger partial charge in [0.2, 0.25) is 0 Å². The monoisotopic (exact) mass is 508 g/mol. The van der Waals surface area contributed by atoms with E-state index in [0.29, 0.717) is 25.0 Å². The molecule has 0 saturated heterocycles. The van der Waals surface area contributed by atoms with E-state index in [2.05, 4.69) is 46.8 Å². The normalized spacial score (nSPS) is 11.4. The predicted molar refractivity (Wildman–Crippen MR) is 129 cm³/mol. The minimum atomic E-state index is 0. The number of anilines is 1. The maximum Gasteiger partial charge on any atom is 0.191 e. The molecule has 8 heteroatoms. The van der Waals surface area contributed by atoms with E-state index in [-0.39, 0.29) is 24.0 Å². The number of aromatic nitrogens is 2. The first-order valence-electron chi connectivity index (χ1n) is 9.44. The van der Waals surface area contributed by atoms with Gasteiger partial charge in [-0.15, -0.1) is 24.0 Å². The molecule has 0 aliphatic heterocycles. The van der Waals surface area contributed by atoms with Crippen molar-refractivity contribution in [2.45, 2.75) is 32.9 Å². The molecule has 0 bridgehead atoms. The first kappa shape index (κ1) is 22.9. The van der Waals surface area contributed by atoms with Crippen molar-refractivity contribution in [2.75, 3.05) is 26.0 Å². The average molecular weight is 508 g/mol. The van der Waals surface area contributed by atoms with Crippen molar-refractivity contribution in [3.63, 3.8) is 0 Å². The zero-order valence-corrected chi connectivity index (χ0v) is 19.9. The van der Waals surface area contributed by atoms with Crippen molar-refractivity contribution in [2.24, 2.45) is 4.99 Å². The van der Waals surface area contributed by atoms with Gasteiger partial charge in [0.25, 0.3) is 0 Å². The molecular weight excluding hydrogens is 479 g/mol. The maximum absolute atomic E-state index is 5.37. The van der Waals surface area contributed by atoms with E-state index in [1.54, 1.807) is 7.05 Å². The largest absolute Gasteiger partial charge is 0.363 e. The van der Waals surface area contributed by atoms with Crippen molar-refractivity contribution < 1.29 is 4.52 Å². The highest BCUT2D eigenvalue weighted by Gasteiger charge is 2.10. The quantitative estimate of drug-likeness (QED) is 0.299. The number of nitrogens with one attached hydrogen (secondary N) is 2. The van der Waals surface area contributed by atoms with Gasteiger partial charge in [0.05, 0.1) is 17.8 Å². The van der Waals surface area contributed by atoms with Crippen molar-refractivity contribution in [3.8, 4) is 0 Å². The van der Waals surface area contributed by atoms with Gasteiger partial charge in [-0.2, -0.15) is 0 Å². The predicted octanol–water partition coefficient (Wildman–Crippen LogP) is 3.90. The Kier molecular flexibility index (Phi) is 8.24. The van der Waals surface area contributed by atoms with Gasteiger partial charge in [0, 0.05) is 39.1 Å². The van der Waals surface area contributed by atoms with Crippen molar-refractivity contribution in [1.82, 2.24) is 20.8 Å². The smallest absolute Gasteiger partial charge is 0.191 e. The fourth-order valence-corrected chi connectivity index (χ4v) is 2.86. The van der Waals surface area contributed by atoms with Gasteiger partial charge in [-0.3, -0.25) is 4.99 Å². The summed E-state index contributed by atoms with van der Waals surface area (Å²) < 4.78 is 5.37. The summed E-state index contributed by atoms with van der Waals surface area (Å²) in [6.45, 7) is 5.35. The molecule has 2 heterocycles. The molecule has 7 nitrogen and oxygen atoms in total. The van der Waals surface area contributed by atoms with Crippen LogP contribution in [0.2, 0.25) is 0 Å². The van der Waals surface area contributed by atoms with Crippen LogP contribution in [0.3, 0.4) is 0 Å². The third-order valence-electron chi connectivity index (χ3n) is 4.52. The second-order valence-electron chi connectivity index (χ2n) is 7.20. The number of pyridine rings is 1. The van der Waals surface area contributed by atoms with Gasteiger partial charge >= 0.3 is 0 Å².